The Morgan fingerprint density at radius 3 is 2.72 bits per heavy atom. The molecule has 5 rings (SSSR count). The average molecular weight is 451 g/mol. The number of tetrazole rings is 1. The highest BCUT2D eigenvalue weighted by molar-refractivity contribution is 6.30. The van der Waals surface area contributed by atoms with Gasteiger partial charge < -0.3 is 10.1 Å². The lowest BCUT2D eigenvalue weighted by Gasteiger charge is -2.32. The summed E-state index contributed by atoms with van der Waals surface area (Å²) >= 11 is 6.12. The van der Waals surface area contributed by atoms with Gasteiger partial charge in [-0.3, -0.25) is 9.69 Å². The second-order valence-corrected chi connectivity index (χ2v) is 8.30. The van der Waals surface area contributed by atoms with E-state index in [-0.39, 0.29) is 24.6 Å². The lowest BCUT2D eigenvalue weighted by molar-refractivity contribution is -0.120. The Hall–Kier alpha value is -3.23. The number of halogens is 1. The molecule has 2 atom stereocenters. The van der Waals surface area contributed by atoms with Crippen LogP contribution in [0.1, 0.15) is 30.0 Å². The Labute approximate surface area is 190 Å². The molecule has 1 fully saturated rings. The first-order chi connectivity index (χ1) is 15.7. The molecular formula is C23H23ClN6O2. The third-order valence-electron chi connectivity index (χ3n) is 5.72. The maximum absolute atomic E-state index is 12.8. The number of hydrogen-bond donors (Lipinski definition) is 1. The second kappa shape index (κ2) is 9.10. The largest absolute Gasteiger partial charge is 0.376 e. The molecule has 0 spiro atoms. The van der Waals surface area contributed by atoms with Gasteiger partial charge in [-0.2, -0.15) is 4.68 Å². The van der Waals surface area contributed by atoms with E-state index in [4.69, 9.17) is 16.3 Å². The molecule has 2 aromatic carbocycles. The number of nitrogens with zero attached hydrogens (tertiary/aromatic N) is 5. The van der Waals surface area contributed by atoms with Crippen LogP contribution in [0.15, 0.2) is 60.7 Å². The molecule has 0 unspecified atom stereocenters. The molecule has 164 valence electrons. The van der Waals surface area contributed by atoms with Crippen LogP contribution in [0.3, 0.4) is 0 Å². The van der Waals surface area contributed by atoms with Crippen LogP contribution in [0, 0.1) is 0 Å². The predicted molar refractivity (Wildman–Crippen MR) is 121 cm³/mol. The van der Waals surface area contributed by atoms with Gasteiger partial charge in [-0.15, -0.1) is 0 Å². The molecule has 3 aromatic rings. The summed E-state index contributed by atoms with van der Waals surface area (Å²) in [4.78, 5) is 14.7. The van der Waals surface area contributed by atoms with Crippen LogP contribution in [-0.2, 0) is 9.53 Å². The monoisotopic (exact) mass is 450 g/mol. The van der Waals surface area contributed by atoms with Gasteiger partial charge in [0, 0.05) is 18.2 Å². The van der Waals surface area contributed by atoms with E-state index in [1.54, 1.807) is 4.68 Å². The number of aromatic nitrogens is 4. The lowest BCUT2D eigenvalue weighted by atomic mass is 10.0. The smallest absolute Gasteiger partial charge is 0.251 e. The van der Waals surface area contributed by atoms with Gasteiger partial charge in [0.25, 0.3) is 5.95 Å². The maximum Gasteiger partial charge on any atom is 0.251 e. The molecule has 1 amide bonds. The lowest BCUT2D eigenvalue weighted by Crippen LogP contribution is -2.42. The van der Waals surface area contributed by atoms with Gasteiger partial charge >= 0.3 is 0 Å². The summed E-state index contributed by atoms with van der Waals surface area (Å²) in [6.45, 7) is 1.35. The van der Waals surface area contributed by atoms with Gasteiger partial charge in [0.1, 0.15) is 12.6 Å². The Balaban J connectivity index is 1.47. The van der Waals surface area contributed by atoms with E-state index >= 15 is 0 Å². The van der Waals surface area contributed by atoms with Crippen LogP contribution >= 0.6 is 11.6 Å². The molecule has 0 radical (unpaired) electrons. The van der Waals surface area contributed by atoms with E-state index in [0.717, 1.165) is 36.3 Å². The SMILES string of the molecule is O=C(CN1C(c2ccc(Cl)cc2)=C[C@@H](c2ccccc2)n2nnnc21)NC[C@@H]1CCCO1. The van der Waals surface area contributed by atoms with Crippen LogP contribution in [0.5, 0.6) is 0 Å². The predicted octanol–water partition coefficient (Wildman–Crippen LogP) is 3.07. The third-order valence-corrected chi connectivity index (χ3v) is 5.97. The summed E-state index contributed by atoms with van der Waals surface area (Å²) in [5.41, 5.74) is 2.83. The van der Waals surface area contributed by atoms with E-state index in [1.165, 1.54) is 0 Å². The van der Waals surface area contributed by atoms with Crippen molar-refractivity contribution in [3.05, 3.63) is 76.8 Å². The zero-order valence-corrected chi connectivity index (χ0v) is 18.2. The Morgan fingerprint density at radius 1 is 1.16 bits per heavy atom. The Kier molecular flexibility index (Phi) is 5.87. The zero-order valence-electron chi connectivity index (χ0n) is 17.4. The first-order valence-electron chi connectivity index (χ1n) is 10.7. The van der Waals surface area contributed by atoms with Crippen molar-refractivity contribution >= 4 is 29.2 Å². The number of carbonyl (C=O) groups excluding carboxylic acids is 1. The summed E-state index contributed by atoms with van der Waals surface area (Å²) < 4.78 is 7.35. The molecule has 1 N–H and O–H groups in total. The average Bonchev–Trinajstić information content (AvgIpc) is 3.52. The molecule has 1 saturated heterocycles. The van der Waals surface area contributed by atoms with Crippen molar-refractivity contribution in [2.45, 2.75) is 25.0 Å². The number of benzene rings is 2. The van der Waals surface area contributed by atoms with Crippen molar-refractivity contribution in [2.75, 3.05) is 24.6 Å². The van der Waals surface area contributed by atoms with Gasteiger partial charge in [0.15, 0.2) is 0 Å². The van der Waals surface area contributed by atoms with Crippen LogP contribution in [0.4, 0.5) is 5.95 Å². The van der Waals surface area contributed by atoms with Gasteiger partial charge in [-0.25, -0.2) is 0 Å². The van der Waals surface area contributed by atoms with Crippen molar-refractivity contribution in [3.8, 4) is 0 Å². The fourth-order valence-electron chi connectivity index (χ4n) is 4.11. The van der Waals surface area contributed by atoms with Gasteiger partial charge in [0.2, 0.25) is 5.91 Å². The minimum Gasteiger partial charge on any atom is -0.376 e. The Morgan fingerprint density at radius 2 is 1.97 bits per heavy atom. The van der Waals surface area contributed by atoms with E-state index in [0.29, 0.717) is 17.5 Å². The highest BCUT2D eigenvalue weighted by atomic mass is 35.5. The number of allylic oxidation sites excluding steroid dienone is 1. The van der Waals surface area contributed by atoms with E-state index in [1.807, 2.05) is 59.5 Å². The van der Waals surface area contributed by atoms with Crippen LogP contribution in [0.25, 0.3) is 5.70 Å². The number of rotatable bonds is 6. The highest BCUT2D eigenvalue weighted by Gasteiger charge is 2.32. The molecule has 0 aliphatic carbocycles. The van der Waals surface area contributed by atoms with Gasteiger partial charge in [-0.1, -0.05) is 59.2 Å². The maximum atomic E-state index is 12.8. The number of carbonyl (C=O) groups is 1. The van der Waals surface area contributed by atoms with Gasteiger partial charge in [0.05, 0.1) is 11.8 Å². The quantitative estimate of drug-likeness (QED) is 0.621. The second-order valence-electron chi connectivity index (χ2n) is 7.86. The number of nitrogens with one attached hydrogen (secondary N) is 1. The van der Waals surface area contributed by atoms with Crippen molar-refractivity contribution < 1.29 is 9.53 Å². The molecule has 0 bridgehead atoms. The van der Waals surface area contributed by atoms with E-state index < -0.39 is 0 Å². The first kappa shape index (κ1) is 20.7. The topological polar surface area (TPSA) is 85.2 Å². The van der Waals surface area contributed by atoms with Crippen molar-refractivity contribution in [1.29, 1.82) is 0 Å². The minimum atomic E-state index is -0.196. The van der Waals surface area contributed by atoms with Crippen molar-refractivity contribution in [1.82, 2.24) is 25.5 Å². The van der Waals surface area contributed by atoms with Gasteiger partial charge in [-0.05, 0) is 52.6 Å². The van der Waals surface area contributed by atoms with Crippen molar-refractivity contribution in [3.63, 3.8) is 0 Å². The summed E-state index contributed by atoms with van der Waals surface area (Å²) in [6, 6.07) is 17.4. The summed E-state index contributed by atoms with van der Waals surface area (Å²) in [7, 11) is 0. The molecule has 32 heavy (non-hydrogen) atoms. The van der Waals surface area contributed by atoms with E-state index in [9.17, 15) is 4.79 Å². The van der Waals surface area contributed by atoms with E-state index in [2.05, 4.69) is 26.9 Å². The third kappa shape index (κ3) is 4.24. The summed E-state index contributed by atoms with van der Waals surface area (Å²) in [5.74, 6) is 0.395. The number of amides is 1. The summed E-state index contributed by atoms with van der Waals surface area (Å²) in [5, 5.41) is 16.0. The zero-order chi connectivity index (χ0) is 21.9. The highest BCUT2D eigenvalue weighted by Crippen LogP contribution is 2.36. The van der Waals surface area contributed by atoms with Crippen LogP contribution in [-0.4, -0.2) is 51.9 Å². The summed E-state index contributed by atoms with van der Waals surface area (Å²) in [6.07, 6.45) is 4.16. The number of fused-ring (bicyclic) bond motifs is 1. The molecule has 0 saturated carbocycles. The number of ether oxygens (including phenoxy) is 1. The molecule has 1 aromatic heterocycles. The Bertz CT molecular complexity index is 1110. The molecule has 2 aliphatic rings. The first-order valence-corrected chi connectivity index (χ1v) is 11.0. The van der Waals surface area contributed by atoms with Crippen molar-refractivity contribution in [2.24, 2.45) is 0 Å². The normalized spacial score (nSPS) is 20.0. The molecule has 9 heteroatoms. The standard InChI is InChI=1S/C23H23ClN6O2/c24-18-10-8-17(9-11-18)20-13-21(16-5-2-1-3-6-16)30-23(26-27-28-30)29(20)15-22(31)25-14-19-7-4-12-32-19/h1-3,5-6,8-11,13,19,21H,4,7,12,14-15H2,(H,25,31)/t19-,21-/m0/s1. The molecule has 3 heterocycles. The van der Waals surface area contributed by atoms with Crippen LogP contribution < -0.4 is 10.2 Å². The molecule has 2 aliphatic heterocycles. The number of hydrogen-bond acceptors (Lipinski definition) is 6. The fourth-order valence-corrected chi connectivity index (χ4v) is 4.24. The number of anilines is 1. The van der Waals surface area contributed by atoms with Crippen LogP contribution in [0.2, 0.25) is 5.02 Å². The molecular weight excluding hydrogens is 428 g/mol. The molecule has 8 nitrogen and oxygen atoms in total. The fraction of sp³-hybridized carbons (Fsp3) is 0.304. The minimum absolute atomic E-state index is 0.0827.